The zero-order valence-electron chi connectivity index (χ0n) is 12.8. The van der Waals surface area contributed by atoms with Crippen LogP contribution in [0.4, 0.5) is 0 Å². The molecule has 0 saturated carbocycles. The molecule has 1 atom stereocenters. The third-order valence-corrected chi connectivity index (χ3v) is 3.60. The monoisotopic (exact) mass is 334 g/mol. The number of pyridine rings is 1. The molecule has 2 N–H and O–H groups in total. The van der Waals surface area contributed by atoms with E-state index in [1.54, 1.807) is 42.7 Å². The second-order valence-electron chi connectivity index (χ2n) is 5.26. The molecular weight excluding hydrogens is 316 g/mol. The number of aromatic nitrogens is 1. The van der Waals surface area contributed by atoms with E-state index in [4.69, 9.17) is 21.4 Å². The Morgan fingerprint density at radius 1 is 1.35 bits per heavy atom. The smallest absolute Gasteiger partial charge is 0.251 e. The molecule has 5 nitrogen and oxygen atoms in total. The van der Waals surface area contributed by atoms with Crippen molar-refractivity contribution >= 4 is 17.5 Å². The molecule has 1 heterocycles. The Morgan fingerprint density at radius 2 is 2.09 bits per heavy atom. The summed E-state index contributed by atoms with van der Waals surface area (Å²) in [5.41, 5.74) is 0.466. The Labute approximate surface area is 140 Å². The number of carbonyl (C=O) groups excluding carboxylic acids is 1. The average molecular weight is 335 g/mol. The number of nitrogens with one attached hydrogen (secondary N) is 1. The van der Waals surface area contributed by atoms with E-state index in [0.29, 0.717) is 35.1 Å². The second kappa shape index (κ2) is 8.50. The van der Waals surface area contributed by atoms with Crippen LogP contribution in [0.5, 0.6) is 11.5 Å². The number of nitrogens with zero attached hydrogens (tertiary/aromatic N) is 1. The van der Waals surface area contributed by atoms with Crippen molar-refractivity contribution in [2.45, 2.75) is 13.3 Å². The molecule has 2 aromatic rings. The lowest BCUT2D eigenvalue weighted by Crippen LogP contribution is -2.28. The SMILES string of the molecule is CC(CCO)CNC(=O)c1ccc(Oc2ccncc2)c(Cl)c1. The van der Waals surface area contributed by atoms with Crippen LogP contribution >= 0.6 is 11.6 Å². The predicted molar refractivity (Wildman–Crippen MR) is 89.0 cm³/mol. The van der Waals surface area contributed by atoms with Gasteiger partial charge in [-0.1, -0.05) is 18.5 Å². The van der Waals surface area contributed by atoms with Crippen molar-refractivity contribution in [2.24, 2.45) is 5.92 Å². The number of hydrogen-bond donors (Lipinski definition) is 2. The fourth-order valence-electron chi connectivity index (χ4n) is 1.95. The molecule has 0 aliphatic carbocycles. The van der Waals surface area contributed by atoms with E-state index in [2.05, 4.69) is 10.3 Å². The highest BCUT2D eigenvalue weighted by molar-refractivity contribution is 6.32. The first-order valence-electron chi connectivity index (χ1n) is 7.36. The normalized spacial score (nSPS) is 11.8. The van der Waals surface area contributed by atoms with Crippen molar-refractivity contribution in [1.29, 1.82) is 0 Å². The average Bonchev–Trinajstić information content (AvgIpc) is 2.56. The fraction of sp³-hybridized carbons (Fsp3) is 0.294. The van der Waals surface area contributed by atoms with Gasteiger partial charge in [0.15, 0.2) is 0 Å². The summed E-state index contributed by atoms with van der Waals surface area (Å²) in [7, 11) is 0. The maximum atomic E-state index is 12.1. The minimum atomic E-state index is -0.202. The first-order valence-corrected chi connectivity index (χ1v) is 7.74. The molecule has 0 saturated heterocycles. The van der Waals surface area contributed by atoms with Gasteiger partial charge in [0.2, 0.25) is 0 Å². The summed E-state index contributed by atoms with van der Waals surface area (Å²) < 4.78 is 5.64. The number of carbonyl (C=O) groups is 1. The molecule has 1 aromatic heterocycles. The number of hydrogen-bond acceptors (Lipinski definition) is 4. The molecule has 0 radical (unpaired) electrons. The number of benzene rings is 1. The van der Waals surface area contributed by atoms with Crippen LogP contribution in [-0.2, 0) is 0 Å². The third-order valence-electron chi connectivity index (χ3n) is 3.30. The largest absolute Gasteiger partial charge is 0.456 e. The van der Waals surface area contributed by atoms with Crippen LogP contribution in [0, 0.1) is 5.92 Å². The van der Waals surface area contributed by atoms with Crippen LogP contribution in [0.1, 0.15) is 23.7 Å². The molecule has 1 aromatic carbocycles. The van der Waals surface area contributed by atoms with E-state index in [-0.39, 0.29) is 18.4 Å². The summed E-state index contributed by atoms with van der Waals surface area (Å²) in [5, 5.41) is 12.0. The standard InChI is InChI=1S/C17H19ClN2O3/c1-12(6-9-21)11-20-17(22)13-2-3-16(15(18)10-13)23-14-4-7-19-8-5-14/h2-5,7-8,10,12,21H,6,9,11H2,1H3,(H,20,22). The Hall–Kier alpha value is -2.11. The maximum absolute atomic E-state index is 12.1. The lowest BCUT2D eigenvalue weighted by molar-refractivity contribution is 0.0945. The van der Waals surface area contributed by atoms with Crippen LogP contribution in [-0.4, -0.2) is 29.1 Å². The van der Waals surface area contributed by atoms with Crippen molar-refractivity contribution in [3.05, 3.63) is 53.3 Å². The van der Waals surface area contributed by atoms with E-state index in [1.807, 2.05) is 6.92 Å². The Balaban J connectivity index is 1.99. The van der Waals surface area contributed by atoms with Gasteiger partial charge in [0.05, 0.1) is 5.02 Å². The molecule has 122 valence electrons. The van der Waals surface area contributed by atoms with Crippen molar-refractivity contribution in [3.8, 4) is 11.5 Å². The van der Waals surface area contributed by atoms with Gasteiger partial charge in [-0.15, -0.1) is 0 Å². The van der Waals surface area contributed by atoms with Gasteiger partial charge in [0.1, 0.15) is 11.5 Å². The first kappa shape index (κ1) is 17.2. The van der Waals surface area contributed by atoms with Crippen molar-refractivity contribution in [1.82, 2.24) is 10.3 Å². The van der Waals surface area contributed by atoms with Gasteiger partial charge in [-0.05, 0) is 42.7 Å². The number of aliphatic hydroxyl groups excluding tert-OH is 1. The molecule has 1 amide bonds. The third kappa shape index (κ3) is 5.23. The minimum absolute atomic E-state index is 0.115. The summed E-state index contributed by atoms with van der Waals surface area (Å²) in [6.07, 6.45) is 3.90. The van der Waals surface area contributed by atoms with Crippen molar-refractivity contribution in [2.75, 3.05) is 13.2 Å². The van der Waals surface area contributed by atoms with Gasteiger partial charge in [0.25, 0.3) is 5.91 Å². The molecule has 0 aliphatic heterocycles. The number of ether oxygens (including phenoxy) is 1. The van der Waals surface area contributed by atoms with Gasteiger partial charge < -0.3 is 15.2 Å². The fourth-order valence-corrected chi connectivity index (χ4v) is 2.17. The zero-order valence-corrected chi connectivity index (χ0v) is 13.6. The summed E-state index contributed by atoms with van der Waals surface area (Å²) >= 11 is 6.18. The molecule has 6 heteroatoms. The summed E-state index contributed by atoms with van der Waals surface area (Å²) in [6, 6.07) is 8.34. The summed E-state index contributed by atoms with van der Waals surface area (Å²) in [5.74, 6) is 1.11. The Morgan fingerprint density at radius 3 is 2.74 bits per heavy atom. The van der Waals surface area contributed by atoms with Gasteiger partial charge in [-0.3, -0.25) is 9.78 Å². The Kier molecular flexibility index (Phi) is 6.38. The van der Waals surface area contributed by atoms with Crippen molar-refractivity contribution < 1.29 is 14.6 Å². The van der Waals surface area contributed by atoms with E-state index >= 15 is 0 Å². The highest BCUT2D eigenvalue weighted by Gasteiger charge is 2.11. The maximum Gasteiger partial charge on any atom is 0.251 e. The highest BCUT2D eigenvalue weighted by Crippen LogP contribution is 2.29. The molecule has 0 aliphatic rings. The topological polar surface area (TPSA) is 71.5 Å². The molecule has 0 bridgehead atoms. The summed E-state index contributed by atoms with van der Waals surface area (Å²) in [4.78, 5) is 16.0. The van der Waals surface area contributed by atoms with Crippen LogP contribution in [0.2, 0.25) is 5.02 Å². The quantitative estimate of drug-likeness (QED) is 0.815. The molecule has 0 fully saturated rings. The van der Waals surface area contributed by atoms with Gasteiger partial charge in [-0.25, -0.2) is 0 Å². The van der Waals surface area contributed by atoms with Crippen LogP contribution in [0.3, 0.4) is 0 Å². The Bertz CT molecular complexity index is 650. The van der Waals surface area contributed by atoms with Crippen LogP contribution < -0.4 is 10.1 Å². The number of amides is 1. The number of aliphatic hydroxyl groups is 1. The number of halogens is 1. The molecule has 23 heavy (non-hydrogen) atoms. The second-order valence-corrected chi connectivity index (χ2v) is 5.66. The van der Waals surface area contributed by atoms with Crippen molar-refractivity contribution in [3.63, 3.8) is 0 Å². The predicted octanol–water partition coefficient (Wildman–Crippen LogP) is 3.28. The lowest BCUT2D eigenvalue weighted by Gasteiger charge is -2.12. The van der Waals surface area contributed by atoms with Gasteiger partial charge in [0, 0.05) is 31.1 Å². The first-order chi connectivity index (χ1) is 11.1. The molecule has 1 unspecified atom stereocenters. The molecular formula is C17H19ClN2O3. The zero-order chi connectivity index (χ0) is 16.7. The minimum Gasteiger partial charge on any atom is -0.456 e. The highest BCUT2D eigenvalue weighted by atomic mass is 35.5. The van der Waals surface area contributed by atoms with E-state index in [9.17, 15) is 4.79 Å². The number of rotatable bonds is 7. The van der Waals surface area contributed by atoms with Gasteiger partial charge in [-0.2, -0.15) is 0 Å². The van der Waals surface area contributed by atoms with E-state index in [0.717, 1.165) is 0 Å². The van der Waals surface area contributed by atoms with Crippen LogP contribution in [0.15, 0.2) is 42.7 Å². The molecule has 2 rings (SSSR count). The van der Waals surface area contributed by atoms with E-state index in [1.165, 1.54) is 0 Å². The van der Waals surface area contributed by atoms with Crippen LogP contribution in [0.25, 0.3) is 0 Å². The summed E-state index contributed by atoms with van der Waals surface area (Å²) in [6.45, 7) is 2.59. The lowest BCUT2D eigenvalue weighted by atomic mass is 10.1. The van der Waals surface area contributed by atoms with Gasteiger partial charge >= 0.3 is 0 Å². The molecule has 0 spiro atoms. The van der Waals surface area contributed by atoms with E-state index < -0.39 is 0 Å².